The number of fused-ring (bicyclic) bond motifs is 1. The second-order valence-corrected chi connectivity index (χ2v) is 7.19. The van der Waals surface area contributed by atoms with Crippen molar-refractivity contribution in [3.63, 3.8) is 0 Å². The SMILES string of the molecule is CN=C(NCCCc1c[nH]c2ccccc12)N1CCOC(c2cnn(C)c2)C1.I. The molecule has 1 unspecified atom stereocenters. The van der Waals surface area contributed by atoms with Crippen molar-refractivity contribution in [3.05, 3.63) is 54.0 Å². The maximum Gasteiger partial charge on any atom is 0.193 e. The van der Waals surface area contributed by atoms with Crippen molar-refractivity contribution >= 4 is 40.8 Å². The first-order valence-electron chi connectivity index (χ1n) is 9.85. The van der Waals surface area contributed by atoms with E-state index in [1.54, 1.807) is 0 Å². The number of benzene rings is 1. The van der Waals surface area contributed by atoms with E-state index < -0.39 is 0 Å². The number of nitrogens with zero attached hydrogens (tertiary/aromatic N) is 4. The number of H-pyrrole nitrogens is 1. The van der Waals surface area contributed by atoms with Crippen LogP contribution in [0.25, 0.3) is 10.9 Å². The predicted octanol–water partition coefficient (Wildman–Crippen LogP) is 3.10. The number of rotatable bonds is 5. The molecule has 4 rings (SSSR count). The molecule has 1 atom stereocenters. The van der Waals surface area contributed by atoms with Gasteiger partial charge in [-0.25, -0.2) is 0 Å². The van der Waals surface area contributed by atoms with Crippen LogP contribution in [0.3, 0.4) is 0 Å². The van der Waals surface area contributed by atoms with Crippen molar-refractivity contribution in [2.45, 2.75) is 18.9 Å². The van der Waals surface area contributed by atoms with Gasteiger partial charge in [0, 0.05) is 56.0 Å². The second kappa shape index (κ2) is 10.1. The van der Waals surface area contributed by atoms with Gasteiger partial charge in [-0.2, -0.15) is 5.10 Å². The molecule has 156 valence electrons. The molecule has 2 N–H and O–H groups in total. The molecule has 3 heterocycles. The molecule has 3 aromatic rings. The van der Waals surface area contributed by atoms with Gasteiger partial charge in [-0.05, 0) is 24.5 Å². The molecule has 0 bridgehead atoms. The van der Waals surface area contributed by atoms with Crippen LogP contribution in [0.15, 0.2) is 47.8 Å². The average Bonchev–Trinajstić information content (AvgIpc) is 3.35. The number of halogens is 1. The van der Waals surface area contributed by atoms with Crippen molar-refractivity contribution < 1.29 is 4.74 Å². The first-order chi connectivity index (χ1) is 13.7. The average molecular weight is 508 g/mol. The van der Waals surface area contributed by atoms with Crippen molar-refractivity contribution in [2.75, 3.05) is 33.3 Å². The first-order valence-corrected chi connectivity index (χ1v) is 9.85. The highest BCUT2D eigenvalue weighted by Gasteiger charge is 2.25. The number of guanidine groups is 1. The number of hydrogen-bond acceptors (Lipinski definition) is 3. The van der Waals surface area contributed by atoms with Crippen molar-refractivity contribution in [3.8, 4) is 0 Å². The van der Waals surface area contributed by atoms with Gasteiger partial charge in [-0.15, -0.1) is 24.0 Å². The molecule has 1 aliphatic rings. The highest BCUT2D eigenvalue weighted by Crippen LogP contribution is 2.22. The van der Waals surface area contributed by atoms with Crippen LogP contribution in [0, 0.1) is 0 Å². The zero-order chi connectivity index (χ0) is 19.3. The fourth-order valence-electron chi connectivity index (χ4n) is 3.80. The van der Waals surface area contributed by atoms with Gasteiger partial charge in [0.2, 0.25) is 0 Å². The topological polar surface area (TPSA) is 70.5 Å². The fourth-order valence-corrected chi connectivity index (χ4v) is 3.80. The minimum Gasteiger partial charge on any atom is -0.370 e. The number of hydrogen-bond donors (Lipinski definition) is 2. The number of aromatic nitrogens is 3. The number of morpholine rings is 1. The van der Waals surface area contributed by atoms with Gasteiger partial charge in [0.15, 0.2) is 5.96 Å². The summed E-state index contributed by atoms with van der Waals surface area (Å²) in [7, 11) is 3.77. The fraction of sp³-hybridized carbons (Fsp3) is 0.429. The van der Waals surface area contributed by atoms with Gasteiger partial charge >= 0.3 is 0 Å². The Hall–Kier alpha value is -2.07. The highest BCUT2D eigenvalue weighted by molar-refractivity contribution is 14.0. The minimum atomic E-state index is 0. The van der Waals surface area contributed by atoms with Crippen LogP contribution in [0.2, 0.25) is 0 Å². The zero-order valence-corrected chi connectivity index (χ0v) is 19.3. The van der Waals surface area contributed by atoms with Gasteiger partial charge < -0.3 is 19.9 Å². The highest BCUT2D eigenvalue weighted by atomic mass is 127. The van der Waals surface area contributed by atoms with Gasteiger partial charge in [-0.3, -0.25) is 9.67 Å². The van der Waals surface area contributed by atoms with Crippen LogP contribution in [0.5, 0.6) is 0 Å². The Morgan fingerprint density at radius 2 is 2.24 bits per heavy atom. The Balaban J connectivity index is 0.00000240. The van der Waals surface area contributed by atoms with Gasteiger partial charge in [0.1, 0.15) is 6.10 Å². The summed E-state index contributed by atoms with van der Waals surface area (Å²) in [5, 5.41) is 9.09. The number of aliphatic imine (C=N–C) groups is 1. The van der Waals surface area contributed by atoms with Gasteiger partial charge in [0.05, 0.1) is 19.3 Å². The predicted molar refractivity (Wildman–Crippen MR) is 127 cm³/mol. The monoisotopic (exact) mass is 508 g/mol. The van der Waals surface area contributed by atoms with E-state index in [0.717, 1.165) is 44.0 Å². The summed E-state index contributed by atoms with van der Waals surface area (Å²) in [6.07, 6.45) is 8.15. The Bertz CT molecular complexity index is 949. The van der Waals surface area contributed by atoms with E-state index >= 15 is 0 Å². The Morgan fingerprint density at radius 1 is 1.38 bits per heavy atom. The molecule has 0 saturated carbocycles. The van der Waals surface area contributed by atoms with Crippen LogP contribution in [-0.4, -0.2) is 58.9 Å². The smallest absolute Gasteiger partial charge is 0.193 e. The third-order valence-corrected chi connectivity index (χ3v) is 5.26. The number of aromatic amines is 1. The lowest BCUT2D eigenvalue weighted by Crippen LogP contribution is -2.48. The second-order valence-electron chi connectivity index (χ2n) is 7.19. The van der Waals surface area contributed by atoms with Crippen molar-refractivity contribution in [1.29, 1.82) is 0 Å². The molecule has 0 amide bonds. The number of ether oxygens (including phenoxy) is 1. The summed E-state index contributed by atoms with van der Waals surface area (Å²) in [6, 6.07) is 8.46. The summed E-state index contributed by atoms with van der Waals surface area (Å²) in [6.45, 7) is 3.21. The summed E-state index contributed by atoms with van der Waals surface area (Å²) < 4.78 is 7.75. The minimum absolute atomic E-state index is 0. The molecule has 0 aliphatic carbocycles. The van der Waals surface area contributed by atoms with Crippen LogP contribution in [0.1, 0.15) is 23.7 Å². The molecule has 7 nitrogen and oxygen atoms in total. The van der Waals surface area contributed by atoms with E-state index in [1.165, 1.54) is 16.5 Å². The molecule has 1 aliphatic heterocycles. The Morgan fingerprint density at radius 3 is 3.03 bits per heavy atom. The van der Waals surface area contributed by atoms with Crippen LogP contribution in [0.4, 0.5) is 0 Å². The summed E-state index contributed by atoms with van der Waals surface area (Å²) in [5.41, 5.74) is 3.69. The molecule has 1 aromatic carbocycles. The maximum atomic E-state index is 5.94. The summed E-state index contributed by atoms with van der Waals surface area (Å²) >= 11 is 0. The normalized spacial score (nSPS) is 17.4. The largest absolute Gasteiger partial charge is 0.370 e. The standard InChI is InChI=1S/C21H28N6O.HI/c1-22-21(27-10-11-28-20(15-27)17-13-25-26(2)14-17)23-9-5-6-16-12-24-19-8-4-3-7-18(16)19;/h3-4,7-8,12-14,20,24H,5-6,9-11,15H2,1-2H3,(H,22,23);1H. The summed E-state index contributed by atoms with van der Waals surface area (Å²) in [5.74, 6) is 0.941. The maximum absolute atomic E-state index is 5.94. The van der Waals surface area contributed by atoms with Gasteiger partial charge in [0.25, 0.3) is 0 Å². The third kappa shape index (κ3) is 5.11. The molecular formula is C21H29IN6O. The van der Waals surface area contributed by atoms with E-state index in [9.17, 15) is 0 Å². The van der Waals surface area contributed by atoms with E-state index in [2.05, 4.69) is 55.8 Å². The van der Waals surface area contributed by atoms with Crippen LogP contribution < -0.4 is 5.32 Å². The Labute approximate surface area is 188 Å². The lowest BCUT2D eigenvalue weighted by Gasteiger charge is -2.34. The third-order valence-electron chi connectivity index (χ3n) is 5.26. The van der Waals surface area contributed by atoms with E-state index in [4.69, 9.17) is 4.74 Å². The molecule has 1 saturated heterocycles. The Kier molecular flexibility index (Phi) is 7.54. The first kappa shape index (κ1) is 21.6. The molecule has 0 radical (unpaired) electrons. The molecule has 2 aromatic heterocycles. The lowest BCUT2D eigenvalue weighted by atomic mass is 10.1. The van der Waals surface area contributed by atoms with Crippen LogP contribution in [-0.2, 0) is 18.2 Å². The summed E-state index contributed by atoms with van der Waals surface area (Å²) in [4.78, 5) is 10.1. The molecular weight excluding hydrogens is 479 g/mol. The van der Waals surface area contributed by atoms with E-state index in [0.29, 0.717) is 6.61 Å². The quantitative estimate of drug-likeness (QED) is 0.241. The van der Waals surface area contributed by atoms with E-state index in [1.807, 2.05) is 31.2 Å². The van der Waals surface area contributed by atoms with E-state index in [-0.39, 0.29) is 30.1 Å². The lowest BCUT2D eigenvalue weighted by molar-refractivity contribution is -0.00801. The molecule has 8 heteroatoms. The number of nitrogens with one attached hydrogen (secondary N) is 2. The molecule has 29 heavy (non-hydrogen) atoms. The molecule has 0 spiro atoms. The number of aryl methyl sites for hydroxylation is 2. The zero-order valence-electron chi connectivity index (χ0n) is 17.0. The van der Waals surface area contributed by atoms with Crippen molar-refractivity contribution in [1.82, 2.24) is 25.0 Å². The van der Waals surface area contributed by atoms with Crippen molar-refractivity contribution in [2.24, 2.45) is 12.0 Å². The number of para-hydroxylation sites is 1. The molecule has 1 fully saturated rings. The van der Waals surface area contributed by atoms with Gasteiger partial charge in [-0.1, -0.05) is 18.2 Å². The van der Waals surface area contributed by atoms with Crippen LogP contribution >= 0.6 is 24.0 Å².